The van der Waals surface area contributed by atoms with E-state index in [2.05, 4.69) is 269 Å². The highest BCUT2D eigenvalue weighted by Gasteiger charge is 2.22. The maximum Gasteiger partial charge on any atom is 0.138 e. The Labute approximate surface area is 514 Å². The molecule has 0 radical (unpaired) electrons. The lowest BCUT2D eigenvalue weighted by atomic mass is 9.97. The molecule has 1 aliphatic rings. The van der Waals surface area contributed by atoms with E-state index in [1.807, 2.05) is 0 Å². The zero-order valence-corrected chi connectivity index (χ0v) is 49.1. The molecule has 1 aliphatic heterocycles. The Morgan fingerprint density at radius 1 is 0.244 bits per heavy atom. The fourth-order valence-corrected chi connectivity index (χ4v) is 12.9. The average molecular weight is 1160 g/mol. The third-order valence-electron chi connectivity index (χ3n) is 17.6. The number of H-pyrrole nitrogens is 6. The first-order valence-electron chi connectivity index (χ1n) is 30.2. The van der Waals surface area contributed by atoms with Gasteiger partial charge in [0.05, 0.1) is 77.6 Å². The highest BCUT2D eigenvalue weighted by Crippen LogP contribution is 2.39. The Balaban J connectivity index is 0.682. The van der Waals surface area contributed by atoms with Crippen molar-refractivity contribution in [2.24, 2.45) is 4.99 Å². The number of fused-ring (bicyclic) bond motifs is 7. The normalized spacial score (nSPS) is 12.4. The number of benzene rings is 11. The summed E-state index contributed by atoms with van der Waals surface area (Å²) in [6.07, 6.45) is 0.668. The maximum atomic E-state index is 5.41. The van der Waals surface area contributed by atoms with Crippen molar-refractivity contribution in [2.75, 3.05) is 0 Å². The lowest BCUT2D eigenvalue weighted by Crippen LogP contribution is -2.02. The van der Waals surface area contributed by atoms with Gasteiger partial charge in [0.15, 0.2) is 0 Å². The molecule has 18 rings (SSSR count). The van der Waals surface area contributed by atoms with Gasteiger partial charge in [-0.1, -0.05) is 114 Å². The van der Waals surface area contributed by atoms with Crippen molar-refractivity contribution in [1.82, 2.24) is 59.8 Å². The molecule has 0 bridgehead atoms. The van der Waals surface area contributed by atoms with Crippen LogP contribution in [0.5, 0.6) is 0 Å². The predicted molar refractivity (Wildman–Crippen MR) is 364 cm³/mol. The molecule has 0 atom stereocenters. The molecule has 0 unspecified atom stereocenters. The quantitative estimate of drug-likeness (QED) is 0.0791. The maximum absolute atomic E-state index is 5.41. The topological polar surface area (TPSA) is 184 Å². The number of hydrogen-bond donors (Lipinski definition) is 6. The van der Waals surface area contributed by atoms with Gasteiger partial charge in [-0.15, -0.1) is 0 Å². The van der Waals surface area contributed by atoms with Crippen LogP contribution in [0.4, 0.5) is 5.69 Å². The number of imidazole rings is 6. The van der Waals surface area contributed by atoms with Crippen LogP contribution < -0.4 is 0 Å². The van der Waals surface area contributed by atoms with Crippen molar-refractivity contribution in [1.29, 1.82) is 0 Å². The minimum atomic E-state index is 0.668. The minimum absolute atomic E-state index is 0.668. The lowest BCUT2D eigenvalue weighted by molar-refractivity contribution is 1.31. The molecule has 17 aromatic rings. The van der Waals surface area contributed by atoms with Crippen LogP contribution in [0.15, 0.2) is 223 Å². The molecule has 426 valence electrons. The molecule has 0 spiro atoms. The van der Waals surface area contributed by atoms with Crippen LogP contribution in [-0.2, 0) is 6.42 Å². The van der Waals surface area contributed by atoms with Gasteiger partial charge in [-0.3, -0.25) is 4.99 Å². The van der Waals surface area contributed by atoms with Gasteiger partial charge in [0.2, 0.25) is 0 Å². The van der Waals surface area contributed by atoms with Gasteiger partial charge >= 0.3 is 0 Å². The fourth-order valence-electron chi connectivity index (χ4n) is 12.9. The van der Waals surface area contributed by atoms with Crippen molar-refractivity contribution in [3.05, 3.63) is 246 Å². The van der Waals surface area contributed by atoms with Crippen LogP contribution in [0.2, 0.25) is 0 Å². The Bertz CT molecular complexity index is 5620. The molecule has 90 heavy (non-hydrogen) atoms. The van der Waals surface area contributed by atoms with Crippen LogP contribution in [0.25, 0.3) is 168 Å². The van der Waals surface area contributed by atoms with E-state index < -0.39 is 0 Å². The largest absolute Gasteiger partial charge is 0.338 e. The van der Waals surface area contributed by atoms with Gasteiger partial charge in [-0.25, -0.2) is 29.9 Å². The van der Waals surface area contributed by atoms with Gasteiger partial charge in [0, 0.05) is 39.8 Å². The molecule has 0 fully saturated rings. The fraction of sp³-hybridized carbons (Fsp3) is 0.0519. The van der Waals surface area contributed by atoms with Crippen molar-refractivity contribution in [3.8, 4) is 102 Å². The zero-order valence-electron chi connectivity index (χ0n) is 49.1. The van der Waals surface area contributed by atoms with Crippen LogP contribution in [0, 0.1) is 20.8 Å². The Morgan fingerprint density at radius 3 is 0.944 bits per heavy atom. The number of aliphatic imine (C=N–C) groups is 1. The molecule has 13 heteroatoms. The van der Waals surface area contributed by atoms with Crippen molar-refractivity contribution >= 4 is 77.6 Å². The van der Waals surface area contributed by atoms with Gasteiger partial charge in [-0.2, -0.15) is 0 Å². The van der Waals surface area contributed by atoms with E-state index in [-0.39, 0.29) is 0 Å². The number of nitrogens with one attached hydrogen (secondary N) is 6. The molecule has 0 amide bonds. The third-order valence-corrected chi connectivity index (χ3v) is 17.6. The summed E-state index contributed by atoms with van der Waals surface area (Å²) in [5.74, 6) is 4.84. The summed E-state index contributed by atoms with van der Waals surface area (Å²) in [4.78, 5) is 57.4. The standard InChI is InChI=1S/C77H53N13/c1-41-7-4-9-51(27-41)72-80-59-23-17-46(36-67(59)86-72)48-19-25-62-70(38-48)89-76(83-62)56-31-55(32-57(33-56)77-84-63-26-20-49(39-71(63)90-77)47-18-24-60-68(37-47)87-73(81-60)52-10-5-8-42(2)28-52)65-40-50-15-14-44(34-64(50)78-65)45-16-22-61-69(35-45)88-75(82-61)54-12-6-11-53(30-54)74-79-58-21-13-43(3)29-66(58)85-74/h4-39H,40H2,1-3H3,(H,79,85)(H,80,86)(H,81,87)(H,82,88)(H,83,89)(H,84,90). The van der Waals surface area contributed by atoms with Gasteiger partial charge < -0.3 is 29.9 Å². The zero-order chi connectivity index (χ0) is 59.7. The summed E-state index contributed by atoms with van der Waals surface area (Å²) in [5.41, 5.74) is 31.3. The first-order chi connectivity index (χ1) is 44.1. The molecule has 0 saturated heterocycles. The van der Waals surface area contributed by atoms with E-state index >= 15 is 0 Å². The molecule has 11 aromatic carbocycles. The van der Waals surface area contributed by atoms with Crippen molar-refractivity contribution < 1.29 is 0 Å². The van der Waals surface area contributed by atoms with E-state index in [1.54, 1.807) is 0 Å². The van der Waals surface area contributed by atoms with E-state index in [0.717, 1.165) is 190 Å². The van der Waals surface area contributed by atoms with E-state index in [1.165, 1.54) is 16.7 Å². The van der Waals surface area contributed by atoms with Gasteiger partial charge in [0.25, 0.3) is 0 Å². The second-order valence-corrected chi connectivity index (χ2v) is 23.9. The predicted octanol–water partition coefficient (Wildman–Crippen LogP) is 18.5. The first-order valence-corrected chi connectivity index (χ1v) is 30.2. The van der Waals surface area contributed by atoms with E-state index in [0.29, 0.717) is 6.42 Å². The highest BCUT2D eigenvalue weighted by molar-refractivity contribution is 6.08. The summed E-state index contributed by atoms with van der Waals surface area (Å²) in [5, 5.41) is 0. The molecular formula is C77H53N13. The van der Waals surface area contributed by atoms with Crippen LogP contribution >= 0.6 is 0 Å². The molecule has 6 N–H and O–H groups in total. The van der Waals surface area contributed by atoms with Gasteiger partial charge in [0.1, 0.15) is 34.9 Å². The third kappa shape index (κ3) is 9.05. The number of aryl methyl sites for hydroxylation is 3. The Morgan fingerprint density at radius 2 is 0.544 bits per heavy atom. The first kappa shape index (κ1) is 51.2. The number of nitrogens with zero attached hydrogens (tertiary/aromatic N) is 7. The number of hydrogen-bond acceptors (Lipinski definition) is 7. The van der Waals surface area contributed by atoms with Crippen LogP contribution in [0.1, 0.15) is 27.8 Å². The summed E-state index contributed by atoms with van der Waals surface area (Å²) in [7, 11) is 0. The van der Waals surface area contributed by atoms with E-state index in [9.17, 15) is 0 Å². The molecule has 13 nitrogen and oxygen atoms in total. The summed E-state index contributed by atoms with van der Waals surface area (Å²) in [6.45, 7) is 6.29. The van der Waals surface area contributed by atoms with Crippen LogP contribution in [0.3, 0.4) is 0 Å². The summed E-state index contributed by atoms with van der Waals surface area (Å²) in [6, 6.07) is 76.7. The minimum Gasteiger partial charge on any atom is -0.338 e. The summed E-state index contributed by atoms with van der Waals surface area (Å²) < 4.78 is 0. The summed E-state index contributed by atoms with van der Waals surface area (Å²) >= 11 is 0. The molecule has 0 saturated carbocycles. The average Bonchev–Trinajstić information content (AvgIpc) is 2.17. The second-order valence-electron chi connectivity index (χ2n) is 23.9. The number of aromatic nitrogens is 12. The smallest absolute Gasteiger partial charge is 0.138 e. The van der Waals surface area contributed by atoms with E-state index in [4.69, 9.17) is 34.9 Å². The SMILES string of the molecule is Cc1cccc(-c2nc3ccc(-c4ccc5nc(-c6cc(C7=Nc8cc(-c9ccc%10nc(-c%11cccc(-c%12nc%13ccc(C)cc%13[nH]%12)c%11)[nH]c%10c9)ccc8C7)cc(-c7nc8ccc(-c9ccc%10nc(-c%11cccc(C)c%11)[nH]c%10c9)cc8[nH]7)c6)[nH]c5c4)cc3[nH]2)c1. The second kappa shape index (κ2) is 20.0. The number of aromatic amines is 6. The number of rotatable bonds is 10. The molecular weight excluding hydrogens is 1110 g/mol. The van der Waals surface area contributed by atoms with Crippen molar-refractivity contribution in [3.63, 3.8) is 0 Å². The Kier molecular flexibility index (Phi) is 11.4. The molecule has 0 aliphatic carbocycles. The van der Waals surface area contributed by atoms with Gasteiger partial charge in [-0.05, 0) is 186 Å². The Hall–Kier alpha value is -12.1. The van der Waals surface area contributed by atoms with Crippen molar-refractivity contribution in [2.45, 2.75) is 27.2 Å². The molecule has 6 aromatic heterocycles. The highest BCUT2D eigenvalue weighted by atomic mass is 15.0. The lowest BCUT2D eigenvalue weighted by Gasteiger charge is -2.08. The monoisotopic (exact) mass is 1160 g/mol. The molecule has 7 heterocycles. The van der Waals surface area contributed by atoms with Crippen LogP contribution in [-0.4, -0.2) is 65.5 Å².